The van der Waals surface area contributed by atoms with E-state index in [1.165, 1.54) is 12.8 Å². The number of anilines is 1. The second-order valence-electron chi connectivity index (χ2n) is 10.2. The summed E-state index contributed by atoms with van der Waals surface area (Å²) in [5.74, 6) is 0.431. The van der Waals surface area contributed by atoms with Gasteiger partial charge in [0.05, 0.1) is 24.1 Å². The van der Waals surface area contributed by atoms with E-state index in [0.29, 0.717) is 43.0 Å². The van der Waals surface area contributed by atoms with E-state index in [4.69, 9.17) is 9.47 Å². The smallest absolute Gasteiger partial charge is 0.257 e. The van der Waals surface area contributed by atoms with E-state index in [1.54, 1.807) is 30.1 Å². The van der Waals surface area contributed by atoms with E-state index in [-0.39, 0.29) is 41.9 Å². The SMILES string of the molecule is CN1C(=O)c2cc(NC(=O)C3CC3)ccc2OC[C@@H]2O[C@H](CC(=O)NCCN3CCCC3)CC[C@H]21. The predicted molar refractivity (Wildman–Crippen MR) is 130 cm³/mol. The minimum atomic E-state index is -0.303. The molecule has 3 atom stereocenters. The molecule has 3 fully saturated rings. The molecule has 4 aliphatic rings. The Morgan fingerprint density at radius 1 is 1.11 bits per heavy atom. The molecule has 9 nitrogen and oxygen atoms in total. The molecular formula is C26H36N4O5. The molecule has 3 aliphatic heterocycles. The number of rotatable bonds is 7. The van der Waals surface area contributed by atoms with Crippen LogP contribution in [0.4, 0.5) is 5.69 Å². The summed E-state index contributed by atoms with van der Waals surface area (Å²) >= 11 is 0. The Labute approximate surface area is 206 Å². The number of fused-ring (bicyclic) bond motifs is 2. The summed E-state index contributed by atoms with van der Waals surface area (Å²) in [6.45, 7) is 4.11. The number of nitrogens with one attached hydrogen (secondary N) is 2. The molecule has 1 aromatic carbocycles. The molecule has 1 aromatic rings. The van der Waals surface area contributed by atoms with Crippen molar-refractivity contribution in [1.82, 2.24) is 15.1 Å². The Bertz CT molecular complexity index is 959. The van der Waals surface area contributed by atoms with Gasteiger partial charge in [0.15, 0.2) is 0 Å². The summed E-state index contributed by atoms with van der Waals surface area (Å²) in [4.78, 5) is 42.0. The molecule has 35 heavy (non-hydrogen) atoms. The normalized spacial score (nSPS) is 26.7. The van der Waals surface area contributed by atoms with Gasteiger partial charge in [0.2, 0.25) is 11.8 Å². The summed E-state index contributed by atoms with van der Waals surface area (Å²) in [7, 11) is 1.79. The maximum atomic E-state index is 13.3. The molecule has 0 radical (unpaired) electrons. The van der Waals surface area contributed by atoms with Gasteiger partial charge in [-0.3, -0.25) is 14.4 Å². The number of ether oxygens (including phenoxy) is 2. The fourth-order valence-electron chi connectivity index (χ4n) is 5.33. The third kappa shape index (κ3) is 5.78. The first kappa shape index (κ1) is 24.1. The first-order chi connectivity index (χ1) is 17.0. The summed E-state index contributed by atoms with van der Waals surface area (Å²) < 4.78 is 12.3. The number of nitrogens with zero attached hydrogens (tertiary/aromatic N) is 2. The zero-order valence-corrected chi connectivity index (χ0v) is 20.5. The molecule has 0 spiro atoms. The number of hydrogen-bond acceptors (Lipinski definition) is 6. The van der Waals surface area contributed by atoms with Gasteiger partial charge in [-0.25, -0.2) is 0 Å². The van der Waals surface area contributed by atoms with E-state index in [9.17, 15) is 14.4 Å². The average Bonchev–Trinajstić information content (AvgIpc) is 3.58. The number of likely N-dealkylation sites (tertiary alicyclic amines) is 1. The van der Waals surface area contributed by atoms with E-state index < -0.39 is 0 Å². The molecular weight excluding hydrogens is 448 g/mol. The highest BCUT2D eigenvalue weighted by atomic mass is 16.5. The fourth-order valence-corrected chi connectivity index (χ4v) is 5.33. The van der Waals surface area contributed by atoms with E-state index in [1.807, 2.05) is 0 Å². The summed E-state index contributed by atoms with van der Waals surface area (Å²) in [5, 5.41) is 5.93. The first-order valence-corrected chi connectivity index (χ1v) is 13.0. The van der Waals surface area contributed by atoms with Crippen LogP contribution in [0.15, 0.2) is 18.2 Å². The molecule has 2 N–H and O–H groups in total. The van der Waals surface area contributed by atoms with Gasteiger partial charge in [0, 0.05) is 31.7 Å². The summed E-state index contributed by atoms with van der Waals surface area (Å²) in [5.41, 5.74) is 1.05. The second-order valence-corrected chi connectivity index (χ2v) is 10.2. The molecule has 3 amide bonds. The third-order valence-corrected chi connectivity index (χ3v) is 7.59. The van der Waals surface area contributed by atoms with Crippen LogP contribution in [0.5, 0.6) is 5.75 Å². The molecule has 5 rings (SSSR count). The minimum absolute atomic E-state index is 0.00406. The molecule has 0 bridgehead atoms. The predicted octanol–water partition coefficient (Wildman–Crippen LogP) is 2.02. The van der Waals surface area contributed by atoms with Crippen LogP contribution >= 0.6 is 0 Å². The number of hydrogen-bond donors (Lipinski definition) is 2. The molecule has 0 aromatic heterocycles. The highest BCUT2D eigenvalue weighted by Gasteiger charge is 2.39. The molecule has 9 heteroatoms. The van der Waals surface area contributed by atoms with Crippen molar-refractivity contribution in [1.29, 1.82) is 0 Å². The van der Waals surface area contributed by atoms with Crippen molar-refractivity contribution in [3.63, 3.8) is 0 Å². The maximum Gasteiger partial charge on any atom is 0.257 e. The largest absolute Gasteiger partial charge is 0.490 e. The van der Waals surface area contributed by atoms with Gasteiger partial charge in [-0.15, -0.1) is 0 Å². The number of carbonyl (C=O) groups excluding carboxylic acids is 3. The second kappa shape index (κ2) is 10.5. The number of carbonyl (C=O) groups is 3. The van der Waals surface area contributed by atoms with Gasteiger partial charge in [-0.1, -0.05) is 0 Å². The van der Waals surface area contributed by atoms with Crippen molar-refractivity contribution in [2.45, 2.75) is 63.2 Å². The van der Waals surface area contributed by atoms with Crippen LogP contribution in [-0.4, -0.2) is 85.6 Å². The Hall–Kier alpha value is -2.65. The van der Waals surface area contributed by atoms with Crippen LogP contribution in [0, 0.1) is 5.92 Å². The topological polar surface area (TPSA) is 100 Å². The number of likely N-dealkylation sites (N-methyl/N-ethyl adjacent to an activating group) is 1. The van der Waals surface area contributed by atoms with Crippen LogP contribution < -0.4 is 15.4 Å². The lowest BCUT2D eigenvalue weighted by molar-refractivity contribution is -0.134. The van der Waals surface area contributed by atoms with Crippen molar-refractivity contribution in [3.8, 4) is 5.75 Å². The summed E-state index contributed by atoms with van der Waals surface area (Å²) in [6, 6.07) is 5.07. The molecule has 0 unspecified atom stereocenters. The van der Waals surface area contributed by atoms with Crippen LogP contribution in [0.25, 0.3) is 0 Å². The monoisotopic (exact) mass is 484 g/mol. The molecule has 3 heterocycles. The molecule has 1 aliphatic carbocycles. The van der Waals surface area contributed by atoms with Crippen LogP contribution in [0.1, 0.15) is 55.3 Å². The lowest BCUT2D eigenvalue weighted by Gasteiger charge is -2.42. The van der Waals surface area contributed by atoms with Crippen molar-refractivity contribution in [3.05, 3.63) is 23.8 Å². The third-order valence-electron chi connectivity index (χ3n) is 7.59. The fraction of sp³-hybridized carbons (Fsp3) is 0.654. The van der Waals surface area contributed by atoms with E-state index in [0.717, 1.165) is 38.9 Å². The number of benzene rings is 1. The lowest BCUT2D eigenvalue weighted by atomic mass is 9.94. The lowest BCUT2D eigenvalue weighted by Crippen LogP contribution is -2.54. The van der Waals surface area contributed by atoms with Gasteiger partial charge in [0.25, 0.3) is 5.91 Å². The maximum absolute atomic E-state index is 13.3. The minimum Gasteiger partial charge on any atom is -0.490 e. The van der Waals surface area contributed by atoms with Crippen LogP contribution in [0.2, 0.25) is 0 Å². The first-order valence-electron chi connectivity index (χ1n) is 13.0. The van der Waals surface area contributed by atoms with Gasteiger partial charge in [-0.05, 0) is 69.8 Å². The number of amides is 3. The quantitative estimate of drug-likeness (QED) is 0.614. The van der Waals surface area contributed by atoms with Crippen LogP contribution in [-0.2, 0) is 14.3 Å². The van der Waals surface area contributed by atoms with Crippen molar-refractivity contribution < 1.29 is 23.9 Å². The highest BCUT2D eigenvalue weighted by Crippen LogP contribution is 2.34. The van der Waals surface area contributed by atoms with Crippen LogP contribution in [0.3, 0.4) is 0 Å². The molecule has 190 valence electrons. The molecule has 1 saturated carbocycles. The van der Waals surface area contributed by atoms with Crippen molar-refractivity contribution in [2.75, 3.05) is 45.2 Å². The van der Waals surface area contributed by atoms with Gasteiger partial charge in [-0.2, -0.15) is 0 Å². The summed E-state index contributed by atoms with van der Waals surface area (Å²) in [6.07, 6.45) is 5.62. The van der Waals surface area contributed by atoms with Crippen molar-refractivity contribution >= 4 is 23.4 Å². The average molecular weight is 485 g/mol. The standard InChI is InChI=1S/C26H36N4O5/c1-29-21-8-7-19(15-24(31)27-10-13-30-11-2-3-12-30)35-23(21)16-34-22-9-6-18(14-20(22)26(29)33)28-25(32)17-4-5-17/h6,9,14,17,19,21,23H,2-5,7-8,10-13,15-16H2,1H3,(H,27,31)(H,28,32)/t19-,21+,23-/m0/s1. The van der Waals surface area contributed by atoms with Gasteiger partial charge in [0.1, 0.15) is 18.5 Å². The van der Waals surface area contributed by atoms with Gasteiger partial charge >= 0.3 is 0 Å². The Balaban J connectivity index is 1.17. The highest BCUT2D eigenvalue weighted by molar-refractivity contribution is 6.00. The zero-order valence-electron chi connectivity index (χ0n) is 20.5. The Kier molecular flexibility index (Phi) is 7.24. The van der Waals surface area contributed by atoms with E-state index in [2.05, 4.69) is 15.5 Å². The Morgan fingerprint density at radius 2 is 1.91 bits per heavy atom. The van der Waals surface area contributed by atoms with Gasteiger partial charge < -0.3 is 29.9 Å². The van der Waals surface area contributed by atoms with E-state index >= 15 is 0 Å². The Morgan fingerprint density at radius 3 is 2.69 bits per heavy atom. The molecule has 2 saturated heterocycles. The van der Waals surface area contributed by atoms with Crippen molar-refractivity contribution in [2.24, 2.45) is 5.92 Å². The zero-order chi connectivity index (χ0) is 24.4.